The van der Waals surface area contributed by atoms with Crippen LogP contribution < -0.4 is 5.32 Å². The predicted molar refractivity (Wildman–Crippen MR) is 84.1 cm³/mol. The highest BCUT2D eigenvalue weighted by Crippen LogP contribution is 2.28. The van der Waals surface area contributed by atoms with E-state index < -0.39 is 0 Å². The van der Waals surface area contributed by atoms with Crippen molar-refractivity contribution < 1.29 is 4.74 Å². The Bertz CT molecular complexity index is 294. The number of hydrogen-bond acceptors (Lipinski definition) is 2. The van der Waals surface area contributed by atoms with Gasteiger partial charge in [-0.05, 0) is 50.9 Å². The van der Waals surface area contributed by atoms with Gasteiger partial charge in [-0.1, -0.05) is 6.92 Å². The minimum atomic E-state index is 0.858. The van der Waals surface area contributed by atoms with Crippen LogP contribution in [0.3, 0.4) is 0 Å². The summed E-state index contributed by atoms with van der Waals surface area (Å²) in [6.07, 6.45) is 6.35. The van der Waals surface area contributed by atoms with E-state index in [1.54, 1.807) is 0 Å². The van der Waals surface area contributed by atoms with E-state index in [1.165, 1.54) is 25.7 Å². The first-order chi connectivity index (χ1) is 9.79. The maximum absolute atomic E-state index is 5.66. The minimum Gasteiger partial charge on any atom is -0.381 e. The van der Waals surface area contributed by atoms with Crippen molar-refractivity contribution in [2.45, 2.75) is 46.0 Å². The molecule has 0 aromatic heterocycles. The summed E-state index contributed by atoms with van der Waals surface area (Å²) >= 11 is 0. The third-order valence-corrected chi connectivity index (χ3v) is 4.18. The molecule has 1 N–H and O–H groups in total. The fraction of sp³-hybridized carbons (Fsp3) is 0.938. The van der Waals surface area contributed by atoms with Gasteiger partial charge in [-0.3, -0.25) is 4.99 Å². The Morgan fingerprint density at radius 3 is 2.65 bits per heavy atom. The van der Waals surface area contributed by atoms with Crippen LogP contribution >= 0.6 is 0 Å². The van der Waals surface area contributed by atoms with Crippen LogP contribution in [-0.4, -0.2) is 50.3 Å². The van der Waals surface area contributed by atoms with E-state index in [4.69, 9.17) is 9.73 Å². The number of guanidine groups is 1. The molecule has 4 nitrogen and oxygen atoms in total. The molecule has 0 radical (unpaired) electrons. The fourth-order valence-electron chi connectivity index (χ4n) is 2.53. The lowest BCUT2D eigenvalue weighted by Crippen LogP contribution is -2.45. The van der Waals surface area contributed by atoms with Crippen LogP contribution in [0.4, 0.5) is 0 Å². The molecule has 116 valence electrons. The van der Waals surface area contributed by atoms with Gasteiger partial charge >= 0.3 is 0 Å². The highest BCUT2D eigenvalue weighted by molar-refractivity contribution is 5.80. The number of aliphatic imine (C=N–C) groups is 1. The summed E-state index contributed by atoms with van der Waals surface area (Å²) in [4.78, 5) is 7.16. The Morgan fingerprint density at radius 2 is 2.00 bits per heavy atom. The van der Waals surface area contributed by atoms with E-state index in [0.29, 0.717) is 0 Å². The molecule has 1 saturated carbocycles. The second-order valence-electron chi connectivity index (χ2n) is 6.28. The second-order valence-corrected chi connectivity index (χ2v) is 6.28. The molecule has 4 heteroatoms. The first-order valence-corrected chi connectivity index (χ1v) is 8.40. The molecule has 0 unspecified atom stereocenters. The lowest BCUT2D eigenvalue weighted by Gasteiger charge is -2.33. The van der Waals surface area contributed by atoms with Crippen molar-refractivity contribution >= 4 is 5.96 Å². The molecule has 1 heterocycles. The first kappa shape index (κ1) is 15.6. The molecule has 0 atom stereocenters. The summed E-state index contributed by atoms with van der Waals surface area (Å²) in [6, 6.07) is 0. The summed E-state index contributed by atoms with van der Waals surface area (Å²) in [5.74, 6) is 2.83. The molecule has 0 spiro atoms. The van der Waals surface area contributed by atoms with Gasteiger partial charge in [-0.25, -0.2) is 0 Å². The van der Waals surface area contributed by atoms with Crippen molar-refractivity contribution in [3.63, 3.8) is 0 Å². The maximum Gasteiger partial charge on any atom is 0.193 e. The first-order valence-electron chi connectivity index (χ1n) is 8.40. The Labute approximate surface area is 124 Å². The molecule has 0 amide bonds. The Hall–Kier alpha value is -0.770. The van der Waals surface area contributed by atoms with Crippen molar-refractivity contribution in [2.24, 2.45) is 16.8 Å². The number of piperidine rings is 1. The lowest BCUT2D eigenvalue weighted by atomic mass is 10.00. The molecule has 0 bridgehead atoms. The van der Waals surface area contributed by atoms with Crippen LogP contribution in [0, 0.1) is 11.8 Å². The Morgan fingerprint density at radius 1 is 1.25 bits per heavy atom. The molecule has 2 fully saturated rings. The summed E-state index contributed by atoms with van der Waals surface area (Å²) in [7, 11) is 0. The van der Waals surface area contributed by atoms with E-state index in [0.717, 1.165) is 63.6 Å². The largest absolute Gasteiger partial charge is 0.381 e. The van der Waals surface area contributed by atoms with Crippen molar-refractivity contribution in [3.05, 3.63) is 0 Å². The predicted octanol–water partition coefficient (Wildman–Crippen LogP) is 2.50. The van der Waals surface area contributed by atoms with Crippen LogP contribution in [0.5, 0.6) is 0 Å². The normalized spacial score (nSPS) is 21.3. The zero-order valence-corrected chi connectivity index (χ0v) is 13.2. The number of nitrogens with one attached hydrogen (secondary N) is 1. The third-order valence-electron chi connectivity index (χ3n) is 4.18. The van der Waals surface area contributed by atoms with Crippen LogP contribution in [0.15, 0.2) is 4.99 Å². The van der Waals surface area contributed by atoms with Crippen LogP contribution in [-0.2, 0) is 4.74 Å². The van der Waals surface area contributed by atoms with E-state index in [-0.39, 0.29) is 0 Å². The topological polar surface area (TPSA) is 36.9 Å². The number of rotatable bonds is 7. The standard InChI is InChI=1S/C16H31N3O/c1-3-17-16(19-10-7-14(2)8-11-19)18-9-4-12-20-13-15-5-6-15/h14-15H,3-13H2,1-2H3,(H,17,18). The summed E-state index contributed by atoms with van der Waals surface area (Å²) < 4.78 is 5.66. The van der Waals surface area contributed by atoms with E-state index in [9.17, 15) is 0 Å². The molecule has 0 aromatic rings. The van der Waals surface area contributed by atoms with Crippen molar-refractivity contribution in [1.82, 2.24) is 10.2 Å². The van der Waals surface area contributed by atoms with Crippen molar-refractivity contribution in [3.8, 4) is 0 Å². The van der Waals surface area contributed by atoms with Gasteiger partial charge in [0.25, 0.3) is 0 Å². The van der Waals surface area contributed by atoms with Crippen LogP contribution in [0.1, 0.15) is 46.0 Å². The number of ether oxygens (including phenoxy) is 1. The van der Waals surface area contributed by atoms with Gasteiger partial charge in [0.15, 0.2) is 5.96 Å². The zero-order chi connectivity index (χ0) is 14.2. The molecule has 2 rings (SSSR count). The smallest absolute Gasteiger partial charge is 0.193 e. The molecule has 1 saturated heterocycles. The zero-order valence-electron chi connectivity index (χ0n) is 13.2. The van der Waals surface area contributed by atoms with Gasteiger partial charge in [0.05, 0.1) is 0 Å². The van der Waals surface area contributed by atoms with Crippen LogP contribution in [0.25, 0.3) is 0 Å². The number of likely N-dealkylation sites (tertiary alicyclic amines) is 1. The van der Waals surface area contributed by atoms with Crippen LogP contribution in [0.2, 0.25) is 0 Å². The van der Waals surface area contributed by atoms with Gasteiger partial charge in [0.1, 0.15) is 0 Å². The molecule has 1 aliphatic carbocycles. The SMILES string of the molecule is CCNC(=NCCCOCC1CC1)N1CCC(C)CC1. The average molecular weight is 281 g/mol. The molecular formula is C16H31N3O. The van der Waals surface area contributed by atoms with Gasteiger partial charge in [-0.2, -0.15) is 0 Å². The Balaban J connectivity index is 1.64. The molecule has 1 aliphatic heterocycles. The fourth-order valence-corrected chi connectivity index (χ4v) is 2.53. The summed E-state index contributed by atoms with van der Waals surface area (Å²) in [5.41, 5.74) is 0. The number of nitrogens with zero attached hydrogens (tertiary/aromatic N) is 2. The highest BCUT2D eigenvalue weighted by atomic mass is 16.5. The van der Waals surface area contributed by atoms with Gasteiger partial charge in [0.2, 0.25) is 0 Å². The molecule has 2 aliphatic rings. The maximum atomic E-state index is 5.66. The second kappa shape index (κ2) is 8.50. The summed E-state index contributed by atoms with van der Waals surface area (Å²) in [6.45, 7) is 10.4. The average Bonchev–Trinajstić information content (AvgIpc) is 3.26. The van der Waals surface area contributed by atoms with E-state index in [2.05, 4.69) is 24.1 Å². The van der Waals surface area contributed by atoms with Crippen molar-refractivity contribution in [1.29, 1.82) is 0 Å². The van der Waals surface area contributed by atoms with E-state index >= 15 is 0 Å². The van der Waals surface area contributed by atoms with Gasteiger partial charge in [-0.15, -0.1) is 0 Å². The highest BCUT2D eigenvalue weighted by Gasteiger charge is 2.21. The molecular weight excluding hydrogens is 250 g/mol. The number of hydrogen-bond donors (Lipinski definition) is 1. The molecule has 20 heavy (non-hydrogen) atoms. The van der Waals surface area contributed by atoms with Gasteiger partial charge in [0, 0.05) is 39.4 Å². The Kier molecular flexibility index (Phi) is 6.64. The summed E-state index contributed by atoms with van der Waals surface area (Å²) in [5, 5.41) is 3.42. The monoisotopic (exact) mass is 281 g/mol. The quantitative estimate of drug-likeness (QED) is 0.442. The van der Waals surface area contributed by atoms with Gasteiger partial charge < -0.3 is 15.0 Å². The van der Waals surface area contributed by atoms with E-state index in [1.807, 2.05) is 0 Å². The lowest BCUT2D eigenvalue weighted by molar-refractivity contribution is 0.123. The molecule has 0 aromatic carbocycles. The van der Waals surface area contributed by atoms with Crippen molar-refractivity contribution in [2.75, 3.05) is 39.4 Å². The third kappa shape index (κ3) is 5.70. The minimum absolute atomic E-state index is 0.858.